The molecule has 1 heteroatoms. The summed E-state index contributed by atoms with van der Waals surface area (Å²) in [5, 5.41) is 0. The molecule has 0 aliphatic heterocycles. The highest BCUT2D eigenvalue weighted by Gasteiger charge is 2.34. The number of nitrogens with two attached hydrogens (primary N) is 1. The lowest BCUT2D eigenvalue weighted by Gasteiger charge is -2.37. The molecular formula is C17H19N. The first kappa shape index (κ1) is 11.5. The molecule has 0 aromatic heterocycles. The van der Waals surface area contributed by atoms with Gasteiger partial charge in [-0.3, -0.25) is 0 Å². The minimum Gasteiger partial charge on any atom is -0.318 e. The van der Waals surface area contributed by atoms with Crippen LogP contribution < -0.4 is 5.73 Å². The average molecular weight is 237 g/mol. The van der Waals surface area contributed by atoms with E-state index in [4.69, 9.17) is 5.73 Å². The molecule has 0 fully saturated rings. The fourth-order valence-electron chi connectivity index (χ4n) is 3.22. The molecule has 2 aromatic carbocycles. The topological polar surface area (TPSA) is 26.0 Å². The van der Waals surface area contributed by atoms with E-state index in [0.717, 1.165) is 12.8 Å². The summed E-state index contributed by atoms with van der Waals surface area (Å²) < 4.78 is 0. The Bertz CT molecular complexity index is 573. The number of hydrogen-bond donors (Lipinski definition) is 1. The lowest BCUT2D eigenvalue weighted by atomic mass is 9.72. The standard InChI is InChI=1S/C17H19N/c1-13-7-2-4-10-15(13)17(18)12-6-9-14-8-3-5-11-16(14)17/h2-5,7-8,10-11H,6,9,12,18H2,1H3. The first-order valence-corrected chi connectivity index (χ1v) is 6.65. The molecule has 0 bridgehead atoms. The summed E-state index contributed by atoms with van der Waals surface area (Å²) in [5.41, 5.74) is 11.8. The van der Waals surface area contributed by atoms with Gasteiger partial charge in [0, 0.05) is 0 Å². The van der Waals surface area contributed by atoms with Crippen LogP contribution in [0.2, 0.25) is 0 Å². The van der Waals surface area contributed by atoms with Crippen molar-refractivity contribution >= 4 is 0 Å². The van der Waals surface area contributed by atoms with E-state index >= 15 is 0 Å². The van der Waals surface area contributed by atoms with Gasteiger partial charge >= 0.3 is 0 Å². The molecule has 0 saturated carbocycles. The van der Waals surface area contributed by atoms with Crippen molar-refractivity contribution in [2.24, 2.45) is 5.73 Å². The molecule has 3 rings (SSSR count). The maximum Gasteiger partial charge on any atom is 0.0670 e. The maximum absolute atomic E-state index is 6.79. The molecule has 1 nitrogen and oxygen atoms in total. The Hall–Kier alpha value is -1.60. The molecule has 2 aromatic rings. The predicted molar refractivity (Wildman–Crippen MR) is 75.5 cm³/mol. The van der Waals surface area contributed by atoms with Crippen molar-refractivity contribution in [3.05, 3.63) is 70.8 Å². The number of hydrogen-bond acceptors (Lipinski definition) is 1. The zero-order valence-electron chi connectivity index (χ0n) is 10.8. The zero-order valence-corrected chi connectivity index (χ0v) is 10.8. The highest BCUT2D eigenvalue weighted by molar-refractivity contribution is 5.46. The van der Waals surface area contributed by atoms with Gasteiger partial charge < -0.3 is 5.73 Å². The van der Waals surface area contributed by atoms with Gasteiger partial charge in [-0.1, -0.05) is 48.5 Å². The van der Waals surface area contributed by atoms with Crippen LogP contribution in [0.1, 0.15) is 35.1 Å². The first-order chi connectivity index (χ1) is 8.72. The van der Waals surface area contributed by atoms with Crippen LogP contribution in [-0.2, 0) is 12.0 Å². The first-order valence-electron chi connectivity index (χ1n) is 6.65. The normalized spacial score (nSPS) is 22.6. The van der Waals surface area contributed by atoms with Gasteiger partial charge in [0.2, 0.25) is 0 Å². The SMILES string of the molecule is Cc1ccccc1C1(N)CCCc2ccccc21. The lowest BCUT2D eigenvalue weighted by Crippen LogP contribution is -2.41. The third-order valence-corrected chi connectivity index (χ3v) is 4.14. The van der Waals surface area contributed by atoms with Crippen molar-refractivity contribution in [3.63, 3.8) is 0 Å². The molecule has 1 aliphatic rings. The summed E-state index contributed by atoms with van der Waals surface area (Å²) in [5.74, 6) is 0. The van der Waals surface area contributed by atoms with Crippen molar-refractivity contribution in [1.29, 1.82) is 0 Å². The molecule has 0 heterocycles. The van der Waals surface area contributed by atoms with Gasteiger partial charge in [-0.15, -0.1) is 0 Å². The summed E-state index contributed by atoms with van der Waals surface area (Å²) >= 11 is 0. The molecule has 0 amide bonds. The summed E-state index contributed by atoms with van der Waals surface area (Å²) in [4.78, 5) is 0. The molecule has 0 spiro atoms. The molecule has 92 valence electrons. The summed E-state index contributed by atoms with van der Waals surface area (Å²) in [6.07, 6.45) is 3.36. The van der Waals surface area contributed by atoms with Gasteiger partial charge in [0.05, 0.1) is 5.54 Å². The van der Waals surface area contributed by atoms with Gasteiger partial charge in [0.15, 0.2) is 0 Å². The fourth-order valence-corrected chi connectivity index (χ4v) is 3.22. The number of aryl methyl sites for hydroxylation is 2. The summed E-state index contributed by atoms with van der Waals surface area (Å²) in [7, 11) is 0. The second-order valence-corrected chi connectivity index (χ2v) is 5.30. The number of benzene rings is 2. The Morgan fingerprint density at radius 2 is 1.61 bits per heavy atom. The van der Waals surface area contributed by atoms with E-state index in [1.54, 1.807) is 0 Å². The van der Waals surface area contributed by atoms with Gasteiger partial charge in [-0.25, -0.2) is 0 Å². The zero-order chi connectivity index (χ0) is 12.6. The minimum atomic E-state index is -0.305. The molecule has 1 atom stereocenters. The van der Waals surface area contributed by atoms with E-state index in [1.807, 2.05) is 0 Å². The van der Waals surface area contributed by atoms with Crippen LogP contribution in [0, 0.1) is 6.92 Å². The number of rotatable bonds is 1. The highest BCUT2D eigenvalue weighted by atomic mass is 14.8. The monoisotopic (exact) mass is 237 g/mol. The molecule has 1 aliphatic carbocycles. The minimum absolute atomic E-state index is 0.305. The van der Waals surface area contributed by atoms with Gasteiger partial charge in [0.1, 0.15) is 0 Å². The van der Waals surface area contributed by atoms with Crippen molar-refractivity contribution in [2.45, 2.75) is 31.7 Å². The quantitative estimate of drug-likeness (QED) is 0.806. The van der Waals surface area contributed by atoms with E-state index in [2.05, 4.69) is 55.5 Å². The van der Waals surface area contributed by atoms with Crippen LogP contribution >= 0.6 is 0 Å². The lowest BCUT2D eigenvalue weighted by molar-refractivity contribution is 0.441. The molecule has 0 saturated heterocycles. The second kappa shape index (κ2) is 4.25. The summed E-state index contributed by atoms with van der Waals surface area (Å²) in [6.45, 7) is 2.15. The van der Waals surface area contributed by atoms with E-state index < -0.39 is 0 Å². The molecule has 18 heavy (non-hydrogen) atoms. The molecular weight excluding hydrogens is 218 g/mol. The number of fused-ring (bicyclic) bond motifs is 1. The smallest absolute Gasteiger partial charge is 0.0670 e. The van der Waals surface area contributed by atoms with Crippen molar-refractivity contribution in [2.75, 3.05) is 0 Å². The highest BCUT2D eigenvalue weighted by Crippen LogP contribution is 2.39. The van der Waals surface area contributed by atoms with E-state index in [0.29, 0.717) is 0 Å². The largest absolute Gasteiger partial charge is 0.318 e. The van der Waals surface area contributed by atoms with Gasteiger partial charge in [-0.2, -0.15) is 0 Å². The Kier molecular flexibility index (Phi) is 2.71. The molecule has 0 radical (unpaired) electrons. The predicted octanol–water partition coefficient (Wildman–Crippen LogP) is 3.53. The van der Waals surface area contributed by atoms with Crippen LogP contribution in [0.4, 0.5) is 0 Å². The Balaban J connectivity index is 2.20. The Labute approximate surface area is 109 Å². The summed E-state index contributed by atoms with van der Waals surface area (Å²) in [6, 6.07) is 17.1. The second-order valence-electron chi connectivity index (χ2n) is 5.30. The van der Waals surface area contributed by atoms with Crippen LogP contribution in [0.5, 0.6) is 0 Å². The van der Waals surface area contributed by atoms with Crippen LogP contribution in [0.15, 0.2) is 48.5 Å². The third kappa shape index (κ3) is 1.67. The van der Waals surface area contributed by atoms with Crippen LogP contribution in [0.3, 0.4) is 0 Å². The van der Waals surface area contributed by atoms with Crippen molar-refractivity contribution in [1.82, 2.24) is 0 Å². The van der Waals surface area contributed by atoms with Crippen molar-refractivity contribution < 1.29 is 0 Å². The van der Waals surface area contributed by atoms with Crippen LogP contribution in [-0.4, -0.2) is 0 Å². The average Bonchev–Trinajstić information content (AvgIpc) is 2.40. The van der Waals surface area contributed by atoms with E-state index in [1.165, 1.54) is 28.7 Å². The molecule has 1 unspecified atom stereocenters. The van der Waals surface area contributed by atoms with Gasteiger partial charge in [0.25, 0.3) is 0 Å². The molecule has 2 N–H and O–H groups in total. The third-order valence-electron chi connectivity index (χ3n) is 4.14. The Morgan fingerprint density at radius 3 is 2.39 bits per heavy atom. The van der Waals surface area contributed by atoms with Crippen LogP contribution in [0.25, 0.3) is 0 Å². The van der Waals surface area contributed by atoms with E-state index in [9.17, 15) is 0 Å². The fraction of sp³-hybridized carbons (Fsp3) is 0.294. The van der Waals surface area contributed by atoms with Crippen molar-refractivity contribution in [3.8, 4) is 0 Å². The van der Waals surface area contributed by atoms with Gasteiger partial charge in [-0.05, 0) is 48.4 Å². The van der Waals surface area contributed by atoms with E-state index in [-0.39, 0.29) is 5.54 Å². The maximum atomic E-state index is 6.79. The Morgan fingerprint density at radius 1 is 0.944 bits per heavy atom.